The number of hydrogen-bond acceptors (Lipinski definition) is 2. The van der Waals surface area contributed by atoms with Gasteiger partial charge < -0.3 is 4.57 Å². The summed E-state index contributed by atoms with van der Waals surface area (Å²) in [6.07, 6.45) is 0. The molecule has 1 aliphatic rings. The fourth-order valence-corrected chi connectivity index (χ4v) is 8.26. The molecule has 0 saturated heterocycles. The number of benzene rings is 7. The first-order chi connectivity index (χ1) is 25.8. The van der Waals surface area contributed by atoms with E-state index in [1.54, 1.807) is 0 Å². The molecule has 11 rings (SSSR count). The van der Waals surface area contributed by atoms with Gasteiger partial charge in [-0.2, -0.15) is 0 Å². The Morgan fingerprint density at radius 3 is 2.00 bits per heavy atom. The summed E-state index contributed by atoms with van der Waals surface area (Å²) in [7, 11) is 0. The summed E-state index contributed by atoms with van der Waals surface area (Å²) >= 11 is 0. The molecular weight excluding hydrogens is 635 g/mol. The molecule has 240 valence electrons. The maximum Gasteiger partial charge on any atom is 0.235 e. The van der Waals surface area contributed by atoms with Gasteiger partial charge in [0.15, 0.2) is 5.69 Å². The summed E-state index contributed by atoms with van der Waals surface area (Å²) in [6.45, 7) is 7.43. The Bertz CT molecular complexity index is 3100. The Balaban J connectivity index is 1.28. The minimum atomic E-state index is 0.632. The highest BCUT2D eigenvalue weighted by Gasteiger charge is 2.31. The molecule has 0 saturated carbocycles. The molecule has 0 bridgehead atoms. The number of rotatable bonds is 4. The molecule has 3 aromatic heterocycles. The molecule has 0 aliphatic heterocycles. The second-order valence-corrected chi connectivity index (χ2v) is 13.3. The van der Waals surface area contributed by atoms with Gasteiger partial charge in [-0.25, -0.2) is 14.8 Å². The molecule has 52 heavy (non-hydrogen) atoms. The van der Waals surface area contributed by atoms with Crippen LogP contribution in [0.1, 0.15) is 0 Å². The second kappa shape index (κ2) is 10.9. The van der Waals surface area contributed by atoms with Crippen LogP contribution < -0.4 is 0 Å². The molecular formula is C47H27N5. The molecule has 0 fully saturated rings. The molecule has 0 spiro atoms. The standard InChI is InChI=1S/C47H27N5/c1-48-33-25-22-29(23-26-33)32-24-27-40-38(28-32)42-36-19-10-14-30-15-11-20-37(41(30)36)45(42)52(40)47-49-43(31-12-4-2-5-13-31)46-44(50-47)35-18-8-9-21-39(35)51(46)34-16-6-3-7-17-34/h2-28H. The lowest BCUT2D eigenvalue weighted by Crippen LogP contribution is -2.06. The van der Waals surface area contributed by atoms with Gasteiger partial charge in [0.2, 0.25) is 5.95 Å². The zero-order chi connectivity index (χ0) is 34.3. The third-order valence-electron chi connectivity index (χ3n) is 10.5. The van der Waals surface area contributed by atoms with Crippen LogP contribution in [-0.2, 0) is 0 Å². The van der Waals surface area contributed by atoms with Crippen LogP contribution in [0, 0.1) is 6.57 Å². The van der Waals surface area contributed by atoms with Crippen molar-refractivity contribution in [2.45, 2.75) is 0 Å². The van der Waals surface area contributed by atoms with Crippen molar-refractivity contribution >= 4 is 49.3 Å². The van der Waals surface area contributed by atoms with Gasteiger partial charge in [-0.15, -0.1) is 0 Å². The predicted molar refractivity (Wildman–Crippen MR) is 212 cm³/mol. The van der Waals surface area contributed by atoms with Crippen LogP contribution in [0.25, 0.3) is 105 Å². The van der Waals surface area contributed by atoms with E-state index in [9.17, 15) is 0 Å². The van der Waals surface area contributed by atoms with Crippen LogP contribution >= 0.6 is 0 Å². The normalized spacial score (nSPS) is 11.8. The first-order valence-corrected chi connectivity index (χ1v) is 17.4. The van der Waals surface area contributed by atoms with E-state index in [1.165, 1.54) is 27.5 Å². The second-order valence-electron chi connectivity index (χ2n) is 13.3. The molecule has 0 unspecified atom stereocenters. The van der Waals surface area contributed by atoms with Gasteiger partial charge in [0, 0.05) is 33.2 Å². The van der Waals surface area contributed by atoms with Gasteiger partial charge in [0.25, 0.3) is 0 Å². The summed E-state index contributed by atoms with van der Waals surface area (Å²) in [5, 5.41) is 4.68. The van der Waals surface area contributed by atoms with Crippen molar-refractivity contribution in [2.75, 3.05) is 0 Å². The maximum atomic E-state index is 7.43. The van der Waals surface area contributed by atoms with Crippen molar-refractivity contribution < 1.29 is 0 Å². The summed E-state index contributed by atoms with van der Waals surface area (Å²) in [5.74, 6) is 0.632. The van der Waals surface area contributed by atoms with E-state index in [2.05, 4.69) is 141 Å². The topological polar surface area (TPSA) is 40.0 Å². The summed E-state index contributed by atoms with van der Waals surface area (Å²) < 4.78 is 4.59. The van der Waals surface area contributed by atoms with Crippen molar-refractivity contribution in [2.24, 2.45) is 0 Å². The number of para-hydroxylation sites is 2. The van der Waals surface area contributed by atoms with Crippen molar-refractivity contribution in [3.8, 4) is 56.4 Å². The highest BCUT2D eigenvalue weighted by Crippen LogP contribution is 2.53. The van der Waals surface area contributed by atoms with E-state index in [1.807, 2.05) is 36.4 Å². The van der Waals surface area contributed by atoms with Gasteiger partial charge in [0.1, 0.15) is 11.2 Å². The van der Waals surface area contributed by atoms with Gasteiger partial charge >= 0.3 is 0 Å². The largest absolute Gasteiger partial charge is 0.306 e. The minimum Gasteiger partial charge on any atom is -0.306 e. The summed E-state index contributed by atoms with van der Waals surface area (Å²) in [5.41, 5.74) is 14.5. The SMILES string of the molecule is [C-]#[N+]c1ccc(-c2ccc3c(c2)c2c(n3-c3nc(-c4ccccc4)c4c(n3)c3ccccc3n4-c3ccccc3)-c3cccc4cccc-2c34)cc1. The third-order valence-corrected chi connectivity index (χ3v) is 10.5. The van der Waals surface area contributed by atoms with Gasteiger partial charge in [0.05, 0.1) is 28.8 Å². The predicted octanol–water partition coefficient (Wildman–Crippen LogP) is 12.2. The van der Waals surface area contributed by atoms with E-state index >= 15 is 0 Å². The number of aromatic nitrogens is 4. The highest BCUT2D eigenvalue weighted by molar-refractivity contribution is 6.22. The molecule has 0 amide bonds. The van der Waals surface area contributed by atoms with E-state index < -0.39 is 0 Å². The monoisotopic (exact) mass is 661 g/mol. The fourth-order valence-electron chi connectivity index (χ4n) is 8.26. The Morgan fingerprint density at radius 1 is 0.519 bits per heavy atom. The summed E-state index contributed by atoms with van der Waals surface area (Å²) in [6, 6.07) is 57.2. The number of nitrogens with zero attached hydrogens (tertiary/aromatic N) is 5. The Morgan fingerprint density at radius 2 is 1.21 bits per heavy atom. The fraction of sp³-hybridized carbons (Fsp3) is 0. The smallest absolute Gasteiger partial charge is 0.235 e. The number of hydrogen-bond donors (Lipinski definition) is 0. The molecule has 0 atom stereocenters. The quantitative estimate of drug-likeness (QED) is 0.176. The zero-order valence-electron chi connectivity index (χ0n) is 27.8. The van der Waals surface area contributed by atoms with Gasteiger partial charge in [-0.05, 0) is 57.8 Å². The average molecular weight is 662 g/mol. The molecule has 3 heterocycles. The van der Waals surface area contributed by atoms with Crippen molar-refractivity contribution in [1.29, 1.82) is 0 Å². The van der Waals surface area contributed by atoms with Gasteiger partial charge in [-0.3, -0.25) is 4.57 Å². The lowest BCUT2D eigenvalue weighted by Gasteiger charge is -2.14. The lowest BCUT2D eigenvalue weighted by atomic mass is 9.99. The van der Waals surface area contributed by atoms with Crippen LogP contribution in [0.2, 0.25) is 0 Å². The first kappa shape index (κ1) is 28.5. The Kier molecular flexibility index (Phi) is 5.96. The lowest BCUT2D eigenvalue weighted by molar-refractivity contribution is 0.989. The van der Waals surface area contributed by atoms with E-state index in [-0.39, 0.29) is 0 Å². The maximum absolute atomic E-state index is 7.43. The van der Waals surface area contributed by atoms with Crippen LogP contribution in [0.4, 0.5) is 5.69 Å². The third kappa shape index (κ3) is 3.98. The first-order valence-electron chi connectivity index (χ1n) is 17.4. The average Bonchev–Trinajstić information content (AvgIpc) is 3.85. The van der Waals surface area contributed by atoms with Crippen LogP contribution in [0.5, 0.6) is 0 Å². The van der Waals surface area contributed by atoms with Crippen molar-refractivity contribution in [3.05, 3.63) is 175 Å². The molecule has 10 aromatic rings. The van der Waals surface area contributed by atoms with Gasteiger partial charge in [-0.1, -0.05) is 133 Å². The highest BCUT2D eigenvalue weighted by atomic mass is 15.2. The Hall–Kier alpha value is -7.29. The Labute approximate surface area is 299 Å². The zero-order valence-corrected chi connectivity index (χ0v) is 27.8. The molecule has 0 N–H and O–H groups in total. The molecule has 0 radical (unpaired) electrons. The van der Waals surface area contributed by atoms with Crippen molar-refractivity contribution in [1.82, 2.24) is 19.1 Å². The molecule has 7 aromatic carbocycles. The summed E-state index contributed by atoms with van der Waals surface area (Å²) in [4.78, 5) is 14.7. The van der Waals surface area contributed by atoms with Crippen LogP contribution in [-0.4, -0.2) is 19.1 Å². The van der Waals surface area contributed by atoms with E-state index in [0.29, 0.717) is 11.6 Å². The molecule has 5 nitrogen and oxygen atoms in total. The van der Waals surface area contributed by atoms with Crippen molar-refractivity contribution in [3.63, 3.8) is 0 Å². The number of fused-ring (bicyclic) bond motifs is 8. The van der Waals surface area contributed by atoms with Crippen LogP contribution in [0.3, 0.4) is 0 Å². The molecule has 1 aliphatic carbocycles. The van der Waals surface area contributed by atoms with E-state index in [4.69, 9.17) is 16.5 Å². The minimum absolute atomic E-state index is 0.632. The van der Waals surface area contributed by atoms with E-state index in [0.717, 1.165) is 66.6 Å². The van der Waals surface area contributed by atoms with Crippen LogP contribution in [0.15, 0.2) is 164 Å². The molecule has 5 heteroatoms.